The molecule has 5 nitrogen and oxygen atoms in total. The lowest BCUT2D eigenvalue weighted by Crippen LogP contribution is -2.52. The predicted octanol–water partition coefficient (Wildman–Crippen LogP) is 3.80. The van der Waals surface area contributed by atoms with Gasteiger partial charge in [0, 0.05) is 37.4 Å². The molecule has 1 aliphatic heterocycles. The Bertz CT molecular complexity index is 864. The van der Waals surface area contributed by atoms with Gasteiger partial charge >= 0.3 is 0 Å². The number of ketones is 1. The highest BCUT2D eigenvalue weighted by atomic mass is 35.5. The quantitative estimate of drug-likeness (QED) is 0.711. The van der Waals surface area contributed by atoms with Crippen LogP contribution in [0.15, 0.2) is 42.5 Å². The molecule has 0 aliphatic carbocycles. The SMILES string of the molecule is CC(=O)c1ccc(N2CCN(C(=O)[C@H](C)Oc3ccc(F)cc3Cl)CC2)cc1. The van der Waals surface area contributed by atoms with Crippen molar-refractivity contribution in [2.24, 2.45) is 0 Å². The number of benzene rings is 2. The number of nitrogens with zero attached hydrogens (tertiary/aromatic N) is 2. The summed E-state index contributed by atoms with van der Waals surface area (Å²) in [5, 5.41) is 0.137. The Kier molecular flexibility index (Phi) is 6.19. The molecular formula is C21H22ClFN2O3. The molecule has 28 heavy (non-hydrogen) atoms. The van der Waals surface area contributed by atoms with Gasteiger partial charge < -0.3 is 14.5 Å². The Morgan fingerprint density at radius 1 is 1.07 bits per heavy atom. The maximum atomic E-state index is 13.1. The van der Waals surface area contributed by atoms with Gasteiger partial charge in [-0.2, -0.15) is 0 Å². The molecule has 0 aromatic heterocycles. The number of hydrogen-bond donors (Lipinski definition) is 0. The Labute approximate surface area is 168 Å². The van der Waals surface area contributed by atoms with Gasteiger partial charge in [0.2, 0.25) is 0 Å². The van der Waals surface area contributed by atoms with Crippen LogP contribution >= 0.6 is 11.6 Å². The van der Waals surface area contributed by atoms with Crippen molar-refractivity contribution < 1.29 is 18.7 Å². The summed E-state index contributed by atoms with van der Waals surface area (Å²) >= 11 is 5.96. The van der Waals surface area contributed by atoms with Gasteiger partial charge in [0.05, 0.1) is 5.02 Å². The maximum absolute atomic E-state index is 13.1. The van der Waals surface area contributed by atoms with E-state index in [0.29, 0.717) is 31.7 Å². The fraction of sp³-hybridized carbons (Fsp3) is 0.333. The maximum Gasteiger partial charge on any atom is 0.263 e. The van der Waals surface area contributed by atoms with Gasteiger partial charge in [-0.1, -0.05) is 11.6 Å². The van der Waals surface area contributed by atoms with E-state index >= 15 is 0 Å². The first-order chi connectivity index (χ1) is 13.3. The molecule has 1 saturated heterocycles. The summed E-state index contributed by atoms with van der Waals surface area (Å²) in [6.45, 7) is 5.72. The molecule has 0 radical (unpaired) electrons. The Hall–Kier alpha value is -2.60. The second-order valence-electron chi connectivity index (χ2n) is 6.75. The molecule has 1 amide bonds. The molecular weight excluding hydrogens is 383 g/mol. The average molecular weight is 405 g/mol. The fourth-order valence-electron chi connectivity index (χ4n) is 3.16. The van der Waals surface area contributed by atoms with E-state index < -0.39 is 11.9 Å². The zero-order valence-electron chi connectivity index (χ0n) is 15.8. The van der Waals surface area contributed by atoms with E-state index in [1.54, 1.807) is 18.7 Å². The van der Waals surface area contributed by atoms with Gasteiger partial charge in [-0.25, -0.2) is 4.39 Å². The number of halogens is 2. The summed E-state index contributed by atoms with van der Waals surface area (Å²) in [5.74, 6) is -0.263. The van der Waals surface area contributed by atoms with Crippen molar-refractivity contribution in [3.8, 4) is 5.75 Å². The van der Waals surface area contributed by atoms with Crippen molar-refractivity contribution in [3.05, 3.63) is 58.9 Å². The third kappa shape index (κ3) is 4.62. The topological polar surface area (TPSA) is 49.9 Å². The van der Waals surface area contributed by atoms with Gasteiger partial charge in [-0.05, 0) is 56.3 Å². The van der Waals surface area contributed by atoms with E-state index in [1.165, 1.54) is 12.1 Å². The number of piperazine rings is 1. The van der Waals surface area contributed by atoms with Crippen molar-refractivity contribution >= 4 is 29.0 Å². The summed E-state index contributed by atoms with van der Waals surface area (Å²) in [6, 6.07) is 11.3. The smallest absolute Gasteiger partial charge is 0.263 e. The lowest BCUT2D eigenvalue weighted by molar-refractivity contribution is -0.138. The predicted molar refractivity (Wildman–Crippen MR) is 107 cm³/mol. The van der Waals surface area contributed by atoms with E-state index in [-0.39, 0.29) is 22.5 Å². The van der Waals surface area contributed by atoms with Crippen LogP contribution in [0.5, 0.6) is 5.75 Å². The highest BCUT2D eigenvalue weighted by Crippen LogP contribution is 2.26. The summed E-state index contributed by atoms with van der Waals surface area (Å²) in [5.41, 5.74) is 1.71. The molecule has 1 fully saturated rings. The summed E-state index contributed by atoms with van der Waals surface area (Å²) in [7, 11) is 0. The zero-order chi connectivity index (χ0) is 20.3. The van der Waals surface area contributed by atoms with Crippen molar-refractivity contribution in [2.75, 3.05) is 31.1 Å². The number of carbonyl (C=O) groups excluding carboxylic acids is 2. The van der Waals surface area contributed by atoms with Gasteiger partial charge in [-0.15, -0.1) is 0 Å². The van der Waals surface area contributed by atoms with E-state index in [0.717, 1.165) is 11.8 Å². The first kappa shape index (κ1) is 20.1. The molecule has 0 unspecified atom stereocenters. The normalized spacial score (nSPS) is 15.3. The average Bonchev–Trinajstić information content (AvgIpc) is 2.69. The van der Waals surface area contributed by atoms with Crippen LogP contribution in [0.25, 0.3) is 0 Å². The van der Waals surface area contributed by atoms with Crippen molar-refractivity contribution in [3.63, 3.8) is 0 Å². The monoisotopic (exact) mass is 404 g/mol. The molecule has 0 bridgehead atoms. The van der Waals surface area contributed by atoms with Crippen molar-refractivity contribution in [1.82, 2.24) is 4.90 Å². The Balaban J connectivity index is 1.56. The zero-order valence-corrected chi connectivity index (χ0v) is 16.6. The standard InChI is InChI=1S/C21H22ClFN2O3/c1-14(26)16-3-6-18(7-4-16)24-9-11-25(12-10-24)21(27)15(2)28-20-8-5-17(23)13-19(20)22/h3-8,13,15H,9-12H2,1-2H3/t15-/m0/s1. The molecule has 0 saturated carbocycles. The highest BCUT2D eigenvalue weighted by Gasteiger charge is 2.26. The van der Waals surface area contributed by atoms with Crippen LogP contribution in [-0.2, 0) is 4.79 Å². The van der Waals surface area contributed by atoms with Crippen molar-refractivity contribution in [1.29, 1.82) is 0 Å². The van der Waals surface area contributed by atoms with Crippen LogP contribution in [0.1, 0.15) is 24.2 Å². The number of ether oxygens (including phenoxy) is 1. The number of carbonyl (C=O) groups is 2. The number of Topliss-reactive ketones (excluding diaryl/α,β-unsaturated/α-hetero) is 1. The molecule has 0 spiro atoms. The van der Waals surface area contributed by atoms with Crippen LogP contribution in [0.3, 0.4) is 0 Å². The van der Waals surface area contributed by atoms with E-state index in [9.17, 15) is 14.0 Å². The van der Waals surface area contributed by atoms with E-state index in [1.807, 2.05) is 24.3 Å². The number of hydrogen-bond acceptors (Lipinski definition) is 4. The van der Waals surface area contributed by atoms with Gasteiger partial charge in [0.1, 0.15) is 11.6 Å². The van der Waals surface area contributed by atoms with E-state index in [4.69, 9.17) is 16.3 Å². The first-order valence-corrected chi connectivity index (χ1v) is 9.49. The van der Waals surface area contributed by atoms with Crippen LogP contribution in [0.4, 0.5) is 10.1 Å². The third-order valence-corrected chi connectivity index (χ3v) is 5.07. The molecule has 2 aromatic carbocycles. The van der Waals surface area contributed by atoms with Crippen molar-refractivity contribution in [2.45, 2.75) is 20.0 Å². The van der Waals surface area contributed by atoms with Crippen LogP contribution < -0.4 is 9.64 Å². The molecule has 1 atom stereocenters. The minimum Gasteiger partial charge on any atom is -0.479 e. The van der Waals surface area contributed by atoms with Crippen LogP contribution in [0, 0.1) is 5.82 Å². The fourth-order valence-corrected chi connectivity index (χ4v) is 3.37. The molecule has 1 aliphatic rings. The minimum atomic E-state index is -0.718. The molecule has 148 valence electrons. The first-order valence-electron chi connectivity index (χ1n) is 9.11. The molecule has 7 heteroatoms. The summed E-state index contributed by atoms with van der Waals surface area (Å²) < 4.78 is 18.8. The van der Waals surface area contributed by atoms with Crippen LogP contribution in [0.2, 0.25) is 5.02 Å². The lowest BCUT2D eigenvalue weighted by Gasteiger charge is -2.37. The molecule has 2 aromatic rings. The second-order valence-corrected chi connectivity index (χ2v) is 7.16. The van der Waals surface area contributed by atoms with Crippen LogP contribution in [-0.4, -0.2) is 48.9 Å². The Morgan fingerprint density at radius 3 is 2.29 bits per heavy atom. The number of anilines is 1. The van der Waals surface area contributed by atoms with Gasteiger partial charge in [-0.3, -0.25) is 9.59 Å². The Morgan fingerprint density at radius 2 is 1.71 bits per heavy atom. The minimum absolute atomic E-state index is 0.0391. The third-order valence-electron chi connectivity index (χ3n) is 4.78. The highest BCUT2D eigenvalue weighted by molar-refractivity contribution is 6.32. The molecule has 1 heterocycles. The number of amides is 1. The molecule has 0 N–H and O–H groups in total. The largest absolute Gasteiger partial charge is 0.479 e. The second kappa shape index (κ2) is 8.61. The van der Waals surface area contributed by atoms with E-state index in [2.05, 4.69) is 4.90 Å². The summed E-state index contributed by atoms with van der Waals surface area (Å²) in [4.78, 5) is 28.0. The number of rotatable bonds is 5. The van der Waals surface area contributed by atoms with Gasteiger partial charge in [0.25, 0.3) is 5.91 Å². The summed E-state index contributed by atoms with van der Waals surface area (Å²) in [6.07, 6.45) is -0.718. The van der Waals surface area contributed by atoms with Gasteiger partial charge in [0.15, 0.2) is 11.9 Å². The lowest BCUT2D eigenvalue weighted by atomic mass is 10.1. The molecule has 3 rings (SSSR count).